The third-order valence-corrected chi connectivity index (χ3v) is 2.46. The molecular formula is C9H13BrN2. The summed E-state index contributed by atoms with van der Waals surface area (Å²) in [5.74, 6) is 0. The van der Waals surface area contributed by atoms with Crippen LogP contribution in [0.15, 0.2) is 22.7 Å². The molecule has 0 fully saturated rings. The van der Waals surface area contributed by atoms with Crippen molar-refractivity contribution >= 4 is 21.6 Å². The van der Waals surface area contributed by atoms with Crippen molar-refractivity contribution in [2.24, 2.45) is 5.73 Å². The normalized spacial score (nSPS) is 11.7. The van der Waals surface area contributed by atoms with Crippen molar-refractivity contribution in [3.63, 3.8) is 0 Å². The predicted octanol–water partition coefficient (Wildman–Crippen LogP) is 2.23. The Morgan fingerprint density at radius 3 is 2.33 bits per heavy atom. The Labute approximate surface area is 81.1 Å². The van der Waals surface area contributed by atoms with Crippen LogP contribution in [0.3, 0.4) is 0 Å². The zero-order chi connectivity index (χ0) is 9.35. The molecule has 0 aliphatic rings. The molecule has 0 heterocycles. The second kappa shape index (κ2) is 3.07. The van der Waals surface area contributed by atoms with Gasteiger partial charge in [0.2, 0.25) is 0 Å². The van der Waals surface area contributed by atoms with Gasteiger partial charge in [-0.05, 0) is 47.5 Å². The molecule has 0 saturated carbocycles. The lowest BCUT2D eigenvalue weighted by Crippen LogP contribution is -2.28. The molecule has 0 bridgehead atoms. The lowest BCUT2D eigenvalue weighted by Gasteiger charge is -2.19. The van der Waals surface area contributed by atoms with Crippen LogP contribution in [0.2, 0.25) is 0 Å². The molecule has 0 aliphatic carbocycles. The van der Waals surface area contributed by atoms with Gasteiger partial charge in [0.15, 0.2) is 0 Å². The van der Waals surface area contributed by atoms with E-state index in [0.29, 0.717) is 0 Å². The van der Waals surface area contributed by atoms with E-state index in [4.69, 9.17) is 11.5 Å². The Balaban J connectivity index is 3.14. The van der Waals surface area contributed by atoms with Crippen molar-refractivity contribution in [1.29, 1.82) is 0 Å². The van der Waals surface area contributed by atoms with E-state index in [1.165, 1.54) is 0 Å². The maximum absolute atomic E-state index is 5.90. The van der Waals surface area contributed by atoms with Crippen molar-refractivity contribution in [2.75, 3.05) is 5.73 Å². The molecule has 0 saturated heterocycles. The number of anilines is 1. The van der Waals surface area contributed by atoms with Gasteiger partial charge in [-0.1, -0.05) is 6.07 Å². The number of halogens is 1. The Hall–Kier alpha value is -0.540. The predicted molar refractivity (Wildman–Crippen MR) is 55.8 cm³/mol. The van der Waals surface area contributed by atoms with Gasteiger partial charge in [0.25, 0.3) is 0 Å². The Bertz CT molecular complexity index is 289. The van der Waals surface area contributed by atoms with E-state index >= 15 is 0 Å². The van der Waals surface area contributed by atoms with Crippen LogP contribution in [0.5, 0.6) is 0 Å². The highest BCUT2D eigenvalue weighted by atomic mass is 79.9. The number of rotatable bonds is 1. The molecule has 1 rings (SSSR count). The minimum Gasteiger partial charge on any atom is -0.398 e. The molecule has 0 amide bonds. The monoisotopic (exact) mass is 228 g/mol. The van der Waals surface area contributed by atoms with Gasteiger partial charge in [-0.15, -0.1) is 0 Å². The summed E-state index contributed by atoms with van der Waals surface area (Å²) in [6.07, 6.45) is 0. The van der Waals surface area contributed by atoms with E-state index in [1.807, 2.05) is 32.0 Å². The van der Waals surface area contributed by atoms with Gasteiger partial charge >= 0.3 is 0 Å². The fourth-order valence-corrected chi connectivity index (χ4v) is 1.19. The van der Waals surface area contributed by atoms with Gasteiger partial charge in [-0.25, -0.2) is 0 Å². The van der Waals surface area contributed by atoms with Crippen LogP contribution < -0.4 is 11.5 Å². The summed E-state index contributed by atoms with van der Waals surface area (Å²) < 4.78 is 0.913. The molecule has 66 valence electrons. The lowest BCUT2D eigenvalue weighted by atomic mass is 9.95. The summed E-state index contributed by atoms with van der Waals surface area (Å²) >= 11 is 3.33. The minimum absolute atomic E-state index is 0.325. The molecule has 12 heavy (non-hydrogen) atoms. The van der Waals surface area contributed by atoms with Gasteiger partial charge in [-0.3, -0.25) is 0 Å². The van der Waals surface area contributed by atoms with Crippen LogP contribution in [0.1, 0.15) is 19.4 Å². The second-order valence-electron chi connectivity index (χ2n) is 3.46. The molecule has 0 radical (unpaired) electrons. The topological polar surface area (TPSA) is 52.0 Å². The summed E-state index contributed by atoms with van der Waals surface area (Å²) in [4.78, 5) is 0. The summed E-state index contributed by atoms with van der Waals surface area (Å²) in [6, 6.07) is 5.78. The number of benzene rings is 1. The maximum atomic E-state index is 5.90. The van der Waals surface area contributed by atoms with Gasteiger partial charge in [0.1, 0.15) is 0 Å². The quantitative estimate of drug-likeness (QED) is 0.725. The van der Waals surface area contributed by atoms with Crippen LogP contribution in [0.4, 0.5) is 5.69 Å². The fourth-order valence-electron chi connectivity index (χ4n) is 0.945. The first-order valence-corrected chi connectivity index (χ1v) is 4.55. The third-order valence-electron chi connectivity index (χ3n) is 1.74. The standard InChI is InChI=1S/C9H13BrN2/c1-9(2,12)6-3-4-7(10)8(11)5-6/h3-5H,11-12H2,1-2H3. The molecule has 0 spiro atoms. The summed E-state index contributed by atoms with van der Waals surface area (Å²) in [6.45, 7) is 3.91. The van der Waals surface area contributed by atoms with Crippen molar-refractivity contribution in [1.82, 2.24) is 0 Å². The molecule has 0 atom stereocenters. The number of nitrogens with two attached hydrogens (primary N) is 2. The largest absolute Gasteiger partial charge is 0.398 e. The van der Waals surface area contributed by atoms with E-state index < -0.39 is 0 Å². The highest BCUT2D eigenvalue weighted by Gasteiger charge is 2.14. The summed E-state index contributed by atoms with van der Waals surface area (Å²) in [7, 11) is 0. The van der Waals surface area contributed by atoms with E-state index in [-0.39, 0.29) is 5.54 Å². The van der Waals surface area contributed by atoms with Crippen molar-refractivity contribution in [3.8, 4) is 0 Å². The molecular weight excluding hydrogens is 216 g/mol. The van der Waals surface area contributed by atoms with Crippen molar-refractivity contribution in [2.45, 2.75) is 19.4 Å². The average Bonchev–Trinajstić information content (AvgIpc) is 1.92. The first-order valence-electron chi connectivity index (χ1n) is 3.75. The number of hydrogen-bond donors (Lipinski definition) is 2. The average molecular weight is 229 g/mol. The molecule has 3 heteroatoms. The highest BCUT2D eigenvalue weighted by Crippen LogP contribution is 2.25. The zero-order valence-electron chi connectivity index (χ0n) is 7.26. The van der Waals surface area contributed by atoms with Gasteiger partial charge < -0.3 is 11.5 Å². The summed E-state index contributed by atoms with van der Waals surface area (Å²) in [5, 5.41) is 0. The smallest absolute Gasteiger partial charge is 0.0461 e. The summed E-state index contributed by atoms with van der Waals surface area (Å²) in [5.41, 5.74) is 13.1. The van der Waals surface area contributed by atoms with Crippen molar-refractivity contribution in [3.05, 3.63) is 28.2 Å². The first-order chi connectivity index (χ1) is 5.41. The fraction of sp³-hybridized carbons (Fsp3) is 0.333. The van der Waals surface area contributed by atoms with E-state index in [0.717, 1.165) is 15.7 Å². The van der Waals surface area contributed by atoms with Crippen LogP contribution in [-0.4, -0.2) is 0 Å². The molecule has 0 aromatic heterocycles. The van der Waals surface area contributed by atoms with Gasteiger partial charge in [-0.2, -0.15) is 0 Å². The highest BCUT2D eigenvalue weighted by molar-refractivity contribution is 9.10. The Kier molecular flexibility index (Phi) is 2.44. The second-order valence-corrected chi connectivity index (χ2v) is 4.31. The molecule has 4 N–H and O–H groups in total. The SMILES string of the molecule is CC(C)(N)c1ccc(Br)c(N)c1. The van der Waals surface area contributed by atoms with E-state index in [2.05, 4.69) is 15.9 Å². The molecule has 0 unspecified atom stereocenters. The lowest BCUT2D eigenvalue weighted by molar-refractivity contribution is 0.554. The van der Waals surface area contributed by atoms with E-state index in [9.17, 15) is 0 Å². The van der Waals surface area contributed by atoms with Crippen molar-refractivity contribution < 1.29 is 0 Å². The van der Waals surface area contributed by atoms with Gasteiger partial charge in [0.05, 0.1) is 0 Å². The molecule has 1 aromatic carbocycles. The number of hydrogen-bond acceptors (Lipinski definition) is 2. The van der Waals surface area contributed by atoms with E-state index in [1.54, 1.807) is 0 Å². The van der Waals surface area contributed by atoms with Crippen LogP contribution in [-0.2, 0) is 5.54 Å². The maximum Gasteiger partial charge on any atom is 0.0461 e. The van der Waals surface area contributed by atoms with Crippen LogP contribution >= 0.6 is 15.9 Å². The van der Waals surface area contributed by atoms with Gasteiger partial charge in [0, 0.05) is 15.7 Å². The zero-order valence-corrected chi connectivity index (χ0v) is 8.85. The first kappa shape index (κ1) is 9.55. The minimum atomic E-state index is -0.325. The van der Waals surface area contributed by atoms with Crippen LogP contribution in [0.25, 0.3) is 0 Å². The molecule has 1 aromatic rings. The Morgan fingerprint density at radius 1 is 1.33 bits per heavy atom. The molecule has 0 aliphatic heterocycles. The van der Waals surface area contributed by atoms with Crippen LogP contribution in [0, 0.1) is 0 Å². The number of nitrogen functional groups attached to an aromatic ring is 1. The molecule has 2 nitrogen and oxygen atoms in total. The third kappa shape index (κ3) is 1.99. The Morgan fingerprint density at radius 2 is 1.92 bits per heavy atom.